The van der Waals surface area contributed by atoms with Gasteiger partial charge in [0.2, 0.25) is 5.95 Å². The number of methoxy groups -OCH3 is 1. The molecule has 1 aliphatic carbocycles. The maximum Gasteiger partial charge on any atom is 0.411 e. The van der Waals surface area contributed by atoms with Gasteiger partial charge in [-0.05, 0) is 25.7 Å². The summed E-state index contributed by atoms with van der Waals surface area (Å²) in [5.41, 5.74) is 2.22. The highest BCUT2D eigenvalue weighted by Crippen LogP contribution is 2.28. The van der Waals surface area contributed by atoms with Crippen LogP contribution in [0.2, 0.25) is 5.02 Å². The Bertz CT molecular complexity index is 1460. The molecular formula is C23H22ClN11O3. The number of rotatable bonds is 7. The Labute approximate surface area is 221 Å². The van der Waals surface area contributed by atoms with E-state index in [2.05, 4.69) is 51.9 Å². The maximum atomic E-state index is 12.4. The molecule has 0 atom stereocenters. The van der Waals surface area contributed by atoms with E-state index in [0.29, 0.717) is 46.6 Å². The van der Waals surface area contributed by atoms with Crippen LogP contribution in [-0.4, -0.2) is 65.3 Å². The summed E-state index contributed by atoms with van der Waals surface area (Å²) in [7, 11) is 1.48. The van der Waals surface area contributed by atoms with Crippen molar-refractivity contribution in [2.24, 2.45) is 0 Å². The van der Waals surface area contributed by atoms with Crippen LogP contribution in [0.5, 0.6) is 6.01 Å². The first-order valence-corrected chi connectivity index (χ1v) is 12.0. The molecule has 15 heteroatoms. The van der Waals surface area contributed by atoms with E-state index in [0.717, 1.165) is 12.8 Å². The number of nitriles is 1. The highest BCUT2D eigenvalue weighted by Gasteiger charge is 2.25. The first-order chi connectivity index (χ1) is 18.5. The van der Waals surface area contributed by atoms with Gasteiger partial charge in [-0.15, -0.1) is 0 Å². The number of aromatic amines is 1. The minimum Gasteiger partial charge on any atom is -0.467 e. The number of halogens is 1. The van der Waals surface area contributed by atoms with Gasteiger partial charge in [0.05, 0.1) is 60.6 Å². The summed E-state index contributed by atoms with van der Waals surface area (Å²) in [5, 5.41) is 26.6. The second kappa shape index (κ2) is 11.1. The number of carbonyl (C=O) groups excluding carboxylic acids is 1. The van der Waals surface area contributed by atoms with Crippen LogP contribution in [0.25, 0.3) is 17.1 Å². The fourth-order valence-corrected chi connectivity index (χ4v) is 4.21. The lowest BCUT2D eigenvalue weighted by Crippen LogP contribution is -2.32. The zero-order chi connectivity index (χ0) is 26.5. The van der Waals surface area contributed by atoms with Crippen molar-refractivity contribution >= 4 is 29.3 Å². The van der Waals surface area contributed by atoms with Gasteiger partial charge in [0, 0.05) is 6.04 Å². The topological polar surface area (TPSA) is 181 Å². The molecule has 3 N–H and O–H groups in total. The van der Waals surface area contributed by atoms with Crippen molar-refractivity contribution in [3.8, 4) is 29.2 Å². The number of nitrogens with zero attached hydrogens (tertiary/aromatic N) is 8. The third-order valence-electron chi connectivity index (χ3n) is 5.91. The van der Waals surface area contributed by atoms with Crippen molar-refractivity contribution in [2.75, 3.05) is 17.7 Å². The monoisotopic (exact) mass is 535 g/mol. The number of amides is 1. The second-order valence-electron chi connectivity index (χ2n) is 8.41. The fraction of sp³-hybridized carbons (Fsp3) is 0.304. The normalized spacial score (nSPS) is 16.9. The lowest BCUT2D eigenvalue weighted by atomic mass is 9.93. The average Bonchev–Trinajstić information content (AvgIpc) is 3.58. The van der Waals surface area contributed by atoms with Gasteiger partial charge < -0.3 is 14.8 Å². The van der Waals surface area contributed by atoms with E-state index in [1.807, 2.05) is 0 Å². The van der Waals surface area contributed by atoms with E-state index in [-0.39, 0.29) is 23.7 Å². The largest absolute Gasteiger partial charge is 0.467 e. The molecule has 0 saturated heterocycles. The number of H-pyrrole nitrogens is 1. The van der Waals surface area contributed by atoms with Crippen molar-refractivity contribution in [1.29, 1.82) is 5.26 Å². The molecule has 0 bridgehead atoms. The number of nitrogens with one attached hydrogen (secondary N) is 3. The minimum atomic E-state index is -0.552. The van der Waals surface area contributed by atoms with Crippen LogP contribution in [0.3, 0.4) is 0 Å². The zero-order valence-electron chi connectivity index (χ0n) is 20.1. The Morgan fingerprint density at radius 3 is 2.63 bits per heavy atom. The molecule has 1 fully saturated rings. The molecular weight excluding hydrogens is 514 g/mol. The highest BCUT2D eigenvalue weighted by atomic mass is 35.5. The fourth-order valence-electron chi connectivity index (χ4n) is 4.03. The Hall–Kier alpha value is -4.77. The molecule has 0 aliphatic heterocycles. The molecule has 0 radical (unpaired) electrons. The van der Waals surface area contributed by atoms with Crippen LogP contribution in [0, 0.1) is 11.3 Å². The van der Waals surface area contributed by atoms with Crippen molar-refractivity contribution < 1.29 is 14.3 Å². The molecule has 4 aromatic heterocycles. The van der Waals surface area contributed by atoms with Crippen LogP contribution in [-0.2, 0) is 4.74 Å². The standard InChI is InChI=1S/C23H22ClN11O3/c1-37-22-27-9-16(10-28-22)35-12-15(8-30-35)32-23(36)38-17-4-2-14(3-5-17)31-21-26-7-13(6-25)19(33-21)20-18(24)11-29-34-20/h7-12,14,17H,2-5H2,1H3,(H,29,34)(H,32,36)(H,26,31,33). The van der Waals surface area contributed by atoms with Crippen molar-refractivity contribution in [3.63, 3.8) is 0 Å². The van der Waals surface area contributed by atoms with Gasteiger partial charge in [0.25, 0.3) is 0 Å². The van der Waals surface area contributed by atoms with Gasteiger partial charge in [0.15, 0.2) is 0 Å². The lowest BCUT2D eigenvalue weighted by Gasteiger charge is -2.28. The van der Waals surface area contributed by atoms with Gasteiger partial charge in [0.1, 0.15) is 29.2 Å². The Kier molecular flexibility index (Phi) is 7.27. The highest BCUT2D eigenvalue weighted by molar-refractivity contribution is 6.32. The number of hydrogen-bond acceptors (Lipinski definition) is 11. The lowest BCUT2D eigenvalue weighted by molar-refractivity contribution is 0.0840. The summed E-state index contributed by atoms with van der Waals surface area (Å²) in [6.45, 7) is 0. The number of carbonyl (C=O) groups is 1. The van der Waals surface area contributed by atoms with Crippen LogP contribution in [0.1, 0.15) is 31.2 Å². The quantitative estimate of drug-likeness (QED) is 0.315. The molecule has 5 rings (SSSR count). The molecule has 0 unspecified atom stereocenters. The average molecular weight is 536 g/mol. The molecule has 194 valence electrons. The van der Waals surface area contributed by atoms with Crippen LogP contribution in [0.4, 0.5) is 16.4 Å². The summed E-state index contributed by atoms with van der Waals surface area (Å²) >= 11 is 6.15. The third-order valence-corrected chi connectivity index (χ3v) is 6.20. The molecule has 38 heavy (non-hydrogen) atoms. The van der Waals surface area contributed by atoms with Crippen molar-refractivity contribution in [3.05, 3.63) is 47.8 Å². The van der Waals surface area contributed by atoms with E-state index in [1.165, 1.54) is 30.4 Å². The predicted molar refractivity (Wildman–Crippen MR) is 135 cm³/mol. The minimum absolute atomic E-state index is 0.0842. The Balaban J connectivity index is 1.12. The van der Waals surface area contributed by atoms with Gasteiger partial charge in [-0.2, -0.15) is 15.5 Å². The summed E-state index contributed by atoms with van der Waals surface area (Å²) in [5.74, 6) is 0.381. The molecule has 1 amide bonds. The van der Waals surface area contributed by atoms with Crippen LogP contribution < -0.4 is 15.4 Å². The summed E-state index contributed by atoms with van der Waals surface area (Å²) < 4.78 is 12.1. The first-order valence-electron chi connectivity index (χ1n) is 11.6. The van der Waals surface area contributed by atoms with Gasteiger partial charge in [-0.3, -0.25) is 10.4 Å². The van der Waals surface area contributed by atoms with Crippen molar-refractivity contribution in [1.82, 2.24) is 39.9 Å². The number of hydrogen-bond donors (Lipinski definition) is 3. The second-order valence-corrected chi connectivity index (χ2v) is 8.82. The maximum absolute atomic E-state index is 12.4. The van der Waals surface area contributed by atoms with Crippen LogP contribution >= 0.6 is 11.6 Å². The van der Waals surface area contributed by atoms with E-state index in [1.54, 1.807) is 18.6 Å². The first kappa shape index (κ1) is 24.9. The number of aromatic nitrogens is 8. The SMILES string of the molecule is COc1ncc(-n2cc(NC(=O)OC3CCC(Nc4ncc(C#N)c(-c5[nH]ncc5Cl)n4)CC3)cn2)cn1. The molecule has 4 aromatic rings. The molecule has 14 nitrogen and oxygen atoms in total. The molecule has 0 aromatic carbocycles. The zero-order valence-corrected chi connectivity index (χ0v) is 20.9. The van der Waals surface area contributed by atoms with E-state index in [9.17, 15) is 10.1 Å². The van der Waals surface area contributed by atoms with E-state index in [4.69, 9.17) is 21.1 Å². The van der Waals surface area contributed by atoms with Crippen LogP contribution in [0.15, 0.2) is 37.2 Å². The Morgan fingerprint density at radius 2 is 1.95 bits per heavy atom. The number of anilines is 2. The molecule has 4 heterocycles. The predicted octanol–water partition coefficient (Wildman–Crippen LogP) is 3.35. The van der Waals surface area contributed by atoms with Gasteiger partial charge in [-0.25, -0.2) is 29.4 Å². The molecule has 1 aliphatic rings. The summed E-state index contributed by atoms with van der Waals surface area (Å²) in [6.07, 6.45) is 11.2. The van der Waals surface area contributed by atoms with E-state index >= 15 is 0 Å². The molecule has 0 spiro atoms. The van der Waals surface area contributed by atoms with E-state index < -0.39 is 6.09 Å². The van der Waals surface area contributed by atoms with Gasteiger partial charge >= 0.3 is 12.1 Å². The molecule has 1 saturated carbocycles. The Morgan fingerprint density at radius 1 is 1.16 bits per heavy atom. The van der Waals surface area contributed by atoms with Crippen molar-refractivity contribution in [2.45, 2.75) is 37.8 Å². The smallest absolute Gasteiger partial charge is 0.411 e. The summed E-state index contributed by atoms with van der Waals surface area (Å²) in [6, 6.07) is 2.40. The number of ether oxygens (including phenoxy) is 2. The summed E-state index contributed by atoms with van der Waals surface area (Å²) in [4.78, 5) is 29.2. The van der Waals surface area contributed by atoms with Gasteiger partial charge in [-0.1, -0.05) is 11.6 Å². The third kappa shape index (κ3) is 5.62.